The van der Waals surface area contributed by atoms with Gasteiger partial charge in [-0.15, -0.1) is 0 Å². The number of para-hydroxylation sites is 5. The molecule has 5 nitrogen and oxygen atoms in total. The highest BCUT2D eigenvalue weighted by molar-refractivity contribution is 6.13. The molecule has 0 bridgehead atoms. The van der Waals surface area contributed by atoms with Crippen LogP contribution in [-0.4, -0.2) is 13.7 Å². The van der Waals surface area contributed by atoms with E-state index in [0.29, 0.717) is 11.3 Å². The molecule has 0 aliphatic rings. The Morgan fingerprint density at radius 2 is 0.927 bits per heavy atom. The molecule has 0 saturated heterocycles. The van der Waals surface area contributed by atoms with Crippen LogP contribution in [0.5, 0.6) is 0 Å². The number of rotatable bonds is 4. The average molecular weight is 700 g/mol. The van der Waals surface area contributed by atoms with Crippen molar-refractivity contribution in [2.45, 2.75) is 0 Å². The first-order chi connectivity index (χ1) is 27.2. The molecule has 0 aliphatic carbocycles. The highest BCUT2D eigenvalue weighted by atomic mass is 15.0. The number of fused-ring (bicyclic) bond motifs is 9. The molecule has 0 unspecified atom stereocenters. The highest BCUT2D eigenvalue weighted by Crippen LogP contribution is 2.40. The van der Waals surface area contributed by atoms with E-state index in [-0.39, 0.29) is 0 Å². The summed E-state index contributed by atoms with van der Waals surface area (Å²) in [6, 6.07) is 63.6. The predicted molar refractivity (Wildman–Crippen MR) is 226 cm³/mol. The van der Waals surface area contributed by atoms with Gasteiger partial charge in [0, 0.05) is 43.7 Å². The summed E-state index contributed by atoms with van der Waals surface area (Å²) >= 11 is 0. The van der Waals surface area contributed by atoms with Crippen LogP contribution in [0.2, 0.25) is 0 Å². The van der Waals surface area contributed by atoms with E-state index in [1.54, 1.807) is 0 Å². The fourth-order valence-corrected chi connectivity index (χ4v) is 8.74. The first-order valence-electron chi connectivity index (χ1n) is 18.3. The van der Waals surface area contributed by atoms with Crippen molar-refractivity contribution >= 4 is 71.1 Å². The molecule has 0 atom stereocenters. The van der Waals surface area contributed by atoms with Crippen LogP contribution in [-0.2, 0) is 0 Å². The van der Waals surface area contributed by atoms with E-state index in [0.717, 1.165) is 61.0 Å². The molecule has 5 heteroatoms. The maximum atomic E-state index is 10.1. The Bertz CT molecular complexity index is 3420. The molecule has 0 fully saturated rings. The van der Waals surface area contributed by atoms with Crippen LogP contribution in [0.25, 0.3) is 98.5 Å². The molecule has 254 valence electrons. The zero-order valence-electron chi connectivity index (χ0n) is 29.5. The summed E-state index contributed by atoms with van der Waals surface area (Å²) in [5.41, 5.74) is 12.4. The normalized spacial score (nSPS) is 11.6. The van der Waals surface area contributed by atoms with E-state index in [1.807, 2.05) is 42.5 Å². The van der Waals surface area contributed by atoms with Crippen LogP contribution in [0.4, 0.5) is 5.69 Å². The van der Waals surface area contributed by atoms with Crippen LogP contribution in [0.3, 0.4) is 0 Å². The summed E-state index contributed by atoms with van der Waals surface area (Å²) in [6.07, 6.45) is 0. The maximum absolute atomic E-state index is 10.1. The maximum Gasteiger partial charge on any atom is 0.211 e. The van der Waals surface area contributed by atoms with Crippen molar-refractivity contribution in [1.29, 1.82) is 5.26 Å². The fraction of sp³-hybridized carbons (Fsp3) is 0. The van der Waals surface area contributed by atoms with Crippen molar-refractivity contribution in [2.24, 2.45) is 0 Å². The van der Waals surface area contributed by atoms with Gasteiger partial charge in [0.2, 0.25) is 5.69 Å². The van der Waals surface area contributed by atoms with Crippen LogP contribution >= 0.6 is 0 Å². The molecule has 3 heterocycles. The highest BCUT2D eigenvalue weighted by Gasteiger charge is 2.19. The lowest BCUT2D eigenvalue weighted by atomic mass is 10.0. The van der Waals surface area contributed by atoms with E-state index in [4.69, 9.17) is 6.57 Å². The first kappa shape index (κ1) is 30.7. The Hall–Kier alpha value is -7.86. The summed E-state index contributed by atoms with van der Waals surface area (Å²) in [7, 11) is 0. The number of aromatic nitrogens is 3. The minimum atomic E-state index is 0.521. The number of hydrogen-bond acceptors (Lipinski definition) is 1. The SMILES string of the molecule is [C-]#[N+]c1cc(-c2cccc(-n3c4ccccc4c4cc(-n5c6ccccc6c6ccccc65)ccc43)c2)ccc1-n1c2ccccc2c2cccc(C#N)c21. The Balaban J connectivity index is 1.06. The predicted octanol–water partition coefficient (Wildman–Crippen LogP) is 13.1. The molecule has 11 rings (SSSR count). The standard InChI is InChI=1S/C50H29N5/c1-52-43-29-33(24-26-49(43)55-47-23-9-4-17-39(47)41-19-11-13-34(31-51)50(41)55)32-12-10-14-35(28-32)53-46-22-8-5-18-40(46)42-30-36(25-27-48(42)53)54-44-20-6-2-15-37(44)38-16-3-7-21-45(38)54/h2-30H. The second-order valence-corrected chi connectivity index (χ2v) is 14.0. The van der Waals surface area contributed by atoms with E-state index < -0.39 is 0 Å². The summed E-state index contributed by atoms with van der Waals surface area (Å²) < 4.78 is 6.79. The zero-order chi connectivity index (χ0) is 36.6. The van der Waals surface area contributed by atoms with Crippen molar-refractivity contribution in [2.75, 3.05) is 0 Å². The number of nitrogens with zero attached hydrogens (tertiary/aromatic N) is 5. The number of benzene rings is 8. The minimum absolute atomic E-state index is 0.521. The van der Waals surface area contributed by atoms with Crippen molar-refractivity contribution in [1.82, 2.24) is 13.7 Å². The fourth-order valence-electron chi connectivity index (χ4n) is 8.74. The van der Waals surface area contributed by atoms with Gasteiger partial charge < -0.3 is 13.7 Å². The Morgan fingerprint density at radius 1 is 0.418 bits per heavy atom. The number of hydrogen-bond donors (Lipinski definition) is 0. The zero-order valence-corrected chi connectivity index (χ0v) is 29.5. The quantitative estimate of drug-likeness (QED) is 0.169. The molecule has 0 aliphatic heterocycles. The van der Waals surface area contributed by atoms with E-state index in [9.17, 15) is 5.26 Å². The lowest BCUT2D eigenvalue weighted by Crippen LogP contribution is -1.97. The summed E-state index contributed by atoms with van der Waals surface area (Å²) in [6.45, 7) is 8.30. The largest absolute Gasteiger partial charge is 0.318 e. The van der Waals surface area contributed by atoms with Gasteiger partial charge in [-0.05, 0) is 83.9 Å². The molecule has 8 aromatic carbocycles. The molecule has 3 aromatic heterocycles. The first-order valence-corrected chi connectivity index (χ1v) is 18.3. The van der Waals surface area contributed by atoms with Crippen LogP contribution in [0.15, 0.2) is 176 Å². The van der Waals surface area contributed by atoms with Gasteiger partial charge >= 0.3 is 0 Å². The summed E-state index contributed by atoms with van der Waals surface area (Å²) in [5.74, 6) is 0. The lowest BCUT2D eigenvalue weighted by Gasteiger charge is -2.14. The van der Waals surface area contributed by atoms with Gasteiger partial charge in [-0.25, -0.2) is 4.85 Å². The van der Waals surface area contributed by atoms with Crippen molar-refractivity contribution < 1.29 is 0 Å². The average Bonchev–Trinajstić information content (AvgIpc) is 3.89. The molecular weight excluding hydrogens is 671 g/mol. The van der Waals surface area contributed by atoms with Gasteiger partial charge in [0.05, 0.1) is 50.9 Å². The molecule has 0 spiro atoms. The second kappa shape index (κ2) is 11.8. The molecule has 0 amide bonds. The Kier molecular flexibility index (Phi) is 6.61. The van der Waals surface area contributed by atoms with Gasteiger partial charge in [0.1, 0.15) is 6.07 Å². The smallest absolute Gasteiger partial charge is 0.211 e. The van der Waals surface area contributed by atoms with E-state index >= 15 is 0 Å². The van der Waals surface area contributed by atoms with Gasteiger partial charge in [-0.2, -0.15) is 5.26 Å². The summed E-state index contributed by atoms with van der Waals surface area (Å²) in [5, 5.41) is 17.0. The second-order valence-electron chi connectivity index (χ2n) is 14.0. The third-order valence-corrected chi connectivity index (χ3v) is 11.1. The third kappa shape index (κ3) is 4.45. The monoisotopic (exact) mass is 699 g/mol. The van der Waals surface area contributed by atoms with Crippen molar-refractivity contribution in [3.8, 4) is 34.3 Å². The molecule has 0 radical (unpaired) electrons. The molecular formula is C50H29N5. The number of nitriles is 1. The Labute approximate surface area is 316 Å². The van der Waals surface area contributed by atoms with Gasteiger partial charge in [0.15, 0.2) is 0 Å². The molecule has 11 aromatic rings. The molecule has 0 saturated carbocycles. The summed E-state index contributed by atoms with van der Waals surface area (Å²) in [4.78, 5) is 4.04. The third-order valence-electron chi connectivity index (χ3n) is 11.1. The van der Waals surface area contributed by atoms with E-state index in [2.05, 4.69) is 158 Å². The van der Waals surface area contributed by atoms with Crippen LogP contribution in [0, 0.1) is 17.9 Å². The minimum Gasteiger partial charge on any atom is -0.318 e. The molecule has 0 N–H and O–H groups in total. The van der Waals surface area contributed by atoms with Crippen LogP contribution in [0.1, 0.15) is 5.56 Å². The Morgan fingerprint density at radius 3 is 1.56 bits per heavy atom. The molecule has 55 heavy (non-hydrogen) atoms. The van der Waals surface area contributed by atoms with Crippen molar-refractivity contribution in [3.63, 3.8) is 0 Å². The van der Waals surface area contributed by atoms with E-state index in [1.165, 1.54) is 32.6 Å². The lowest BCUT2D eigenvalue weighted by molar-refractivity contribution is 1.16. The van der Waals surface area contributed by atoms with Gasteiger partial charge in [-0.3, -0.25) is 0 Å². The topological polar surface area (TPSA) is 42.9 Å². The van der Waals surface area contributed by atoms with Crippen molar-refractivity contribution in [3.05, 3.63) is 193 Å². The van der Waals surface area contributed by atoms with Gasteiger partial charge in [-0.1, -0.05) is 103 Å². The van der Waals surface area contributed by atoms with Crippen LogP contribution < -0.4 is 0 Å². The van der Waals surface area contributed by atoms with Gasteiger partial charge in [0.25, 0.3) is 0 Å².